The third kappa shape index (κ3) is 1.96. The summed E-state index contributed by atoms with van der Waals surface area (Å²) < 4.78 is 0. The van der Waals surface area contributed by atoms with Crippen LogP contribution in [0.4, 0.5) is 5.95 Å². The van der Waals surface area contributed by atoms with E-state index in [1.807, 2.05) is 37.5 Å². The van der Waals surface area contributed by atoms with Crippen LogP contribution < -0.4 is 10.2 Å². The van der Waals surface area contributed by atoms with Gasteiger partial charge in [-0.25, -0.2) is 9.97 Å². The van der Waals surface area contributed by atoms with Crippen LogP contribution in [-0.4, -0.2) is 36.1 Å². The van der Waals surface area contributed by atoms with Gasteiger partial charge in [0, 0.05) is 30.7 Å². The number of fused-ring (bicyclic) bond motifs is 1. The molecule has 2 heterocycles. The molecule has 0 aliphatic carbocycles. The van der Waals surface area contributed by atoms with Gasteiger partial charge in [0.2, 0.25) is 5.95 Å². The average Bonchev–Trinajstić information content (AvgIpc) is 2.87. The molecule has 1 aliphatic rings. The lowest BCUT2D eigenvalue weighted by molar-refractivity contribution is 0.616. The Bertz CT molecular complexity index is 526. The van der Waals surface area contributed by atoms with E-state index in [4.69, 9.17) is 0 Å². The quantitative estimate of drug-likeness (QED) is 0.844. The molecule has 88 valence electrons. The molecule has 0 spiro atoms. The summed E-state index contributed by atoms with van der Waals surface area (Å²) in [5, 5.41) is 4.40. The van der Waals surface area contributed by atoms with Crippen LogP contribution in [-0.2, 0) is 0 Å². The molecule has 1 aromatic carbocycles. The van der Waals surface area contributed by atoms with Crippen molar-refractivity contribution >= 4 is 16.9 Å². The van der Waals surface area contributed by atoms with Gasteiger partial charge in [-0.1, -0.05) is 18.2 Å². The largest absolute Gasteiger partial charge is 0.339 e. The maximum atomic E-state index is 4.61. The monoisotopic (exact) mass is 228 g/mol. The van der Waals surface area contributed by atoms with E-state index in [9.17, 15) is 0 Å². The SMILES string of the molecule is CNC1CCN(c2ncc3ccccc3n2)C1. The molecule has 0 bridgehead atoms. The summed E-state index contributed by atoms with van der Waals surface area (Å²) in [5.74, 6) is 0.849. The lowest BCUT2D eigenvalue weighted by Gasteiger charge is -2.16. The minimum atomic E-state index is 0.560. The highest BCUT2D eigenvalue weighted by molar-refractivity contribution is 5.78. The summed E-state index contributed by atoms with van der Waals surface area (Å²) in [4.78, 5) is 11.3. The molecule has 17 heavy (non-hydrogen) atoms. The number of para-hydroxylation sites is 1. The number of anilines is 1. The van der Waals surface area contributed by atoms with E-state index in [0.29, 0.717) is 6.04 Å². The van der Waals surface area contributed by atoms with Gasteiger partial charge < -0.3 is 10.2 Å². The molecule has 1 aromatic heterocycles. The minimum absolute atomic E-state index is 0.560. The first kappa shape index (κ1) is 10.5. The molecule has 0 radical (unpaired) electrons. The average molecular weight is 228 g/mol. The predicted octanol–water partition coefficient (Wildman–Crippen LogP) is 1.43. The summed E-state index contributed by atoms with van der Waals surface area (Å²) in [6.45, 7) is 2.03. The number of benzene rings is 1. The van der Waals surface area contributed by atoms with Crippen LogP contribution in [0, 0.1) is 0 Å². The van der Waals surface area contributed by atoms with E-state index in [1.165, 1.54) is 0 Å². The van der Waals surface area contributed by atoms with Crippen molar-refractivity contribution in [3.05, 3.63) is 30.5 Å². The van der Waals surface area contributed by atoms with Gasteiger partial charge >= 0.3 is 0 Å². The van der Waals surface area contributed by atoms with Crippen molar-refractivity contribution in [3.8, 4) is 0 Å². The standard InChI is InChI=1S/C13H16N4/c1-14-11-6-7-17(9-11)13-15-8-10-4-2-3-5-12(10)16-13/h2-5,8,11,14H,6-7,9H2,1H3. The Morgan fingerprint density at radius 3 is 3.06 bits per heavy atom. The van der Waals surface area contributed by atoms with E-state index in [1.54, 1.807) is 0 Å². The topological polar surface area (TPSA) is 41.0 Å². The van der Waals surface area contributed by atoms with Gasteiger partial charge in [0.05, 0.1) is 5.52 Å². The van der Waals surface area contributed by atoms with Crippen LogP contribution in [0.2, 0.25) is 0 Å². The number of likely N-dealkylation sites (N-methyl/N-ethyl adjacent to an activating group) is 1. The van der Waals surface area contributed by atoms with Crippen molar-refractivity contribution in [2.75, 3.05) is 25.0 Å². The molecule has 1 fully saturated rings. The molecular weight excluding hydrogens is 212 g/mol. The second kappa shape index (κ2) is 4.30. The normalized spacial score (nSPS) is 20.1. The van der Waals surface area contributed by atoms with Crippen molar-refractivity contribution in [2.24, 2.45) is 0 Å². The van der Waals surface area contributed by atoms with Crippen LogP contribution in [0.15, 0.2) is 30.5 Å². The van der Waals surface area contributed by atoms with Crippen molar-refractivity contribution < 1.29 is 0 Å². The van der Waals surface area contributed by atoms with E-state index in [0.717, 1.165) is 36.4 Å². The van der Waals surface area contributed by atoms with Crippen LogP contribution in [0.5, 0.6) is 0 Å². The maximum Gasteiger partial charge on any atom is 0.225 e. The molecule has 3 rings (SSSR count). The van der Waals surface area contributed by atoms with Crippen molar-refractivity contribution in [1.82, 2.24) is 15.3 Å². The summed E-state index contributed by atoms with van der Waals surface area (Å²) in [7, 11) is 2.01. The Hall–Kier alpha value is -1.68. The van der Waals surface area contributed by atoms with E-state index >= 15 is 0 Å². The molecule has 2 aromatic rings. The van der Waals surface area contributed by atoms with Crippen LogP contribution in [0.3, 0.4) is 0 Å². The smallest absolute Gasteiger partial charge is 0.225 e. The lowest BCUT2D eigenvalue weighted by Crippen LogP contribution is -2.30. The lowest BCUT2D eigenvalue weighted by atomic mass is 10.2. The first-order valence-electron chi connectivity index (χ1n) is 6.01. The number of rotatable bonds is 2. The first-order valence-corrected chi connectivity index (χ1v) is 6.01. The number of nitrogens with one attached hydrogen (secondary N) is 1. The molecular formula is C13H16N4. The fourth-order valence-electron chi connectivity index (χ4n) is 2.29. The van der Waals surface area contributed by atoms with E-state index in [-0.39, 0.29) is 0 Å². The van der Waals surface area contributed by atoms with Gasteiger partial charge in [0.25, 0.3) is 0 Å². The van der Waals surface area contributed by atoms with Gasteiger partial charge in [-0.3, -0.25) is 0 Å². The Morgan fingerprint density at radius 1 is 1.35 bits per heavy atom. The van der Waals surface area contributed by atoms with Crippen molar-refractivity contribution in [1.29, 1.82) is 0 Å². The summed E-state index contributed by atoms with van der Waals surface area (Å²) in [6.07, 6.45) is 3.07. The van der Waals surface area contributed by atoms with Crippen LogP contribution in [0.1, 0.15) is 6.42 Å². The van der Waals surface area contributed by atoms with Crippen LogP contribution in [0.25, 0.3) is 10.9 Å². The zero-order valence-corrected chi connectivity index (χ0v) is 9.93. The fourth-order valence-corrected chi connectivity index (χ4v) is 2.29. The highest BCUT2D eigenvalue weighted by atomic mass is 15.3. The molecule has 1 unspecified atom stereocenters. The predicted molar refractivity (Wildman–Crippen MR) is 69.2 cm³/mol. The third-order valence-corrected chi connectivity index (χ3v) is 3.36. The molecule has 1 N–H and O–H groups in total. The molecule has 0 saturated carbocycles. The second-order valence-electron chi connectivity index (χ2n) is 4.45. The molecule has 4 heteroatoms. The highest BCUT2D eigenvalue weighted by Gasteiger charge is 2.22. The highest BCUT2D eigenvalue weighted by Crippen LogP contribution is 2.18. The number of aromatic nitrogens is 2. The Kier molecular flexibility index (Phi) is 2.65. The zero-order valence-electron chi connectivity index (χ0n) is 9.93. The van der Waals surface area contributed by atoms with Gasteiger partial charge in [-0.15, -0.1) is 0 Å². The van der Waals surface area contributed by atoms with Gasteiger partial charge in [0.15, 0.2) is 0 Å². The molecule has 0 amide bonds. The number of hydrogen-bond acceptors (Lipinski definition) is 4. The molecule has 1 atom stereocenters. The van der Waals surface area contributed by atoms with Crippen molar-refractivity contribution in [2.45, 2.75) is 12.5 Å². The Morgan fingerprint density at radius 2 is 2.24 bits per heavy atom. The number of hydrogen-bond donors (Lipinski definition) is 1. The zero-order chi connectivity index (χ0) is 11.7. The summed E-state index contributed by atoms with van der Waals surface area (Å²) >= 11 is 0. The summed E-state index contributed by atoms with van der Waals surface area (Å²) in [6, 6.07) is 8.66. The Labute approximate surface area is 101 Å². The van der Waals surface area contributed by atoms with E-state index in [2.05, 4.69) is 20.2 Å². The van der Waals surface area contributed by atoms with Gasteiger partial charge in [-0.2, -0.15) is 0 Å². The Balaban J connectivity index is 1.91. The molecule has 1 saturated heterocycles. The maximum absolute atomic E-state index is 4.61. The van der Waals surface area contributed by atoms with Crippen molar-refractivity contribution in [3.63, 3.8) is 0 Å². The summed E-state index contributed by atoms with van der Waals surface area (Å²) in [5.41, 5.74) is 1.02. The minimum Gasteiger partial charge on any atom is -0.339 e. The first-order chi connectivity index (χ1) is 8.36. The second-order valence-corrected chi connectivity index (χ2v) is 4.45. The van der Waals surface area contributed by atoms with Gasteiger partial charge in [0.1, 0.15) is 0 Å². The molecule has 1 aliphatic heterocycles. The van der Waals surface area contributed by atoms with Crippen LogP contribution >= 0.6 is 0 Å². The third-order valence-electron chi connectivity index (χ3n) is 3.36. The van der Waals surface area contributed by atoms with E-state index < -0.39 is 0 Å². The molecule has 4 nitrogen and oxygen atoms in total. The number of nitrogens with zero attached hydrogens (tertiary/aromatic N) is 3. The van der Waals surface area contributed by atoms with Gasteiger partial charge in [-0.05, 0) is 19.5 Å². The fraction of sp³-hybridized carbons (Fsp3) is 0.385.